The molecule has 0 unspecified atom stereocenters. The van der Waals surface area contributed by atoms with Crippen molar-refractivity contribution in [1.29, 1.82) is 5.26 Å². The van der Waals surface area contributed by atoms with E-state index >= 15 is 0 Å². The summed E-state index contributed by atoms with van der Waals surface area (Å²) in [6, 6.07) is 14.7. The Balaban J connectivity index is 1.89. The smallest absolute Gasteiger partial charge is 0.340 e. The number of hydrogen-bond donors (Lipinski definition) is 1. The molecule has 0 radical (unpaired) electrons. The van der Waals surface area contributed by atoms with Crippen molar-refractivity contribution in [2.45, 2.75) is 0 Å². The predicted octanol–water partition coefficient (Wildman–Crippen LogP) is 3.01. The molecule has 0 saturated heterocycles. The minimum Gasteiger partial charge on any atom is -0.452 e. The summed E-state index contributed by atoms with van der Waals surface area (Å²) in [5, 5.41) is 11.5. The molecule has 0 saturated carbocycles. The van der Waals surface area contributed by atoms with Crippen LogP contribution in [-0.2, 0) is 9.53 Å². The molecule has 0 aliphatic rings. The topological polar surface area (TPSA) is 79.2 Å². The number of ether oxygens (including phenoxy) is 1. The van der Waals surface area contributed by atoms with Crippen molar-refractivity contribution in [2.24, 2.45) is 0 Å². The number of carbonyl (C=O) groups is 2. The third-order valence-electron chi connectivity index (χ3n) is 2.73. The molecule has 2 aromatic rings. The van der Waals surface area contributed by atoms with E-state index in [1.807, 2.05) is 6.07 Å². The maximum absolute atomic E-state index is 11.8. The molecule has 110 valence electrons. The Kier molecular flexibility index (Phi) is 5.12. The zero-order valence-corrected chi connectivity index (χ0v) is 12.1. The lowest BCUT2D eigenvalue weighted by atomic mass is 10.2. The Hall–Kier alpha value is -2.84. The van der Waals surface area contributed by atoms with Gasteiger partial charge in [-0.25, -0.2) is 4.79 Å². The van der Waals surface area contributed by atoms with E-state index in [2.05, 4.69) is 5.32 Å². The second kappa shape index (κ2) is 7.25. The summed E-state index contributed by atoms with van der Waals surface area (Å²) >= 11 is 5.87. The number of amides is 1. The molecule has 0 fully saturated rings. The Morgan fingerprint density at radius 2 is 1.82 bits per heavy atom. The lowest BCUT2D eigenvalue weighted by molar-refractivity contribution is -0.119. The van der Waals surface area contributed by atoms with Crippen LogP contribution in [0, 0.1) is 11.3 Å². The zero-order valence-electron chi connectivity index (χ0n) is 11.4. The first-order valence-electron chi connectivity index (χ1n) is 6.32. The molecule has 2 aromatic carbocycles. The molecule has 0 atom stereocenters. The molecule has 0 spiro atoms. The third kappa shape index (κ3) is 4.08. The van der Waals surface area contributed by atoms with Gasteiger partial charge < -0.3 is 10.1 Å². The largest absolute Gasteiger partial charge is 0.452 e. The highest BCUT2D eigenvalue weighted by Gasteiger charge is 2.13. The summed E-state index contributed by atoms with van der Waals surface area (Å²) in [7, 11) is 0. The van der Waals surface area contributed by atoms with E-state index in [-0.39, 0.29) is 10.6 Å². The Labute approximate surface area is 132 Å². The van der Waals surface area contributed by atoms with Crippen molar-refractivity contribution in [2.75, 3.05) is 11.9 Å². The average Bonchev–Trinajstić information content (AvgIpc) is 2.54. The van der Waals surface area contributed by atoms with E-state index in [1.165, 1.54) is 6.07 Å². The van der Waals surface area contributed by atoms with Crippen molar-refractivity contribution in [3.63, 3.8) is 0 Å². The Morgan fingerprint density at radius 1 is 1.14 bits per heavy atom. The summed E-state index contributed by atoms with van der Waals surface area (Å²) in [6.45, 7) is -0.427. The molecule has 0 aliphatic heterocycles. The van der Waals surface area contributed by atoms with Gasteiger partial charge in [-0.1, -0.05) is 23.7 Å². The molecule has 1 amide bonds. The Morgan fingerprint density at radius 3 is 2.45 bits per heavy atom. The fraction of sp³-hybridized carbons (Fsp3) is 0.0625. The summed E-state index contributed by atoms with van der Waals surface area (Å²) in [5.41, 5.74) is 1.20. The maximum Gasteiger partial charge on any atom is 0.340 e. The van der Waals surface area contributed by atoms with E-state index in [1.54, 1.807) is 42.5 Å². The lowest BCUT2D eigenvalue weighted by Gasteiger charge is -2.07. The van der Waals surface area contributed by atoms with Gasteiger partial charge in [0.25, 0.3) is 5.91 Å². The minimum atomic E-state index is -0.666. The third-order valence-corrected chi connectivity index (χ3v) is 3.06. The van der Waals surface area contributed by atoms with Crippen LogP contribution in [0.25, 0.3) is 0 Å². The van der Waals surface area contributed by atoms with E-state index < -0.39 is 18.5 Å². The molecule has 0 bridgehead atoms. The van der Waals surface area contributed by atoms with Crippen molar-refractivity contribution in [1.82, 2.24) is 0 Å². The van der Waals surface area contributed by atoms with Crippen LogP contribution in [0.5, 0.6) is 0 Å². The van der Waals surface area contributed by atoms with Crippen molar-refractivity contribution >= 4 is 29.2 Å². The molecular weight excluding hydrogens is 304 g/mol. The molecular formula is C16H11ClN2O3. The van der Waals surface area contributed by atoms with Crippen molar-refractivity contribution < 1.29 is 14.3 Å². The number of nitriles is 1. The first-order chi connectivity index (χ1) is 10.6. The highest BCUT2D eigenvalue weighted by atomic mass is 35.5. The fourth-order valence-electron chi connectivity index (χ4n) is 1.66. The van der Waals surface area contributed by atoms with Gasteiger partial charge in [0.15, 0.2) is 6.61 Å². The number of nitrogens with zero attached hydrogens (tertiary/aromatic N) is 1. The summed E-state index contributed by atoms with van der Waals surface area (Å²) in [4.78, 5) is 23.5. The maximum atomic E-state index is 11.8. The highest BCUT2D eigenvalue weighted by molar-refractivity contribution is 6.33. The number of benzene rings is 2. The average molecular weight is 315 g/mol. The number of halogens is 1. The number of nitrogens with one attached hydrogen (secondary N) is 1. The second-order valence-electron chi connectivity index (χ2n) is 4.29. The number of hydrogen-bond acceptors (Lipinski definition) is 4. The van der Waals surface area contributed by atoms with E-state index in [9.17, 15) is 9.59 Å². The number of rotatable bonds is 4. The van der Waals surface area contributed by atoms with Gasteiger partial charge in [-0.05, 0) is 36.4 Å². The van der Waals surface area contributed by atoms with Gasteiger partial charge in [0.05, 0.1) is 22.2 Å². The summed E-state index contributed by atoms with van der Waals surface area (Å²) in [6.07, 6.45) is 0. The molecule has 1 N–H and O–H groups in total. The van der Waals surface area contributed by atoms with Gasteiger partial charge in [-0.2, -0.15) is 5.26 Å². The van der Waals surface area contributed by atoms with Gasteiger partial charge in [0, 0.05) is 5.69 Å². The molecule has 5 nitrogen and oxygen atoms in total. The number of carbonyl (C=O) groups excluding carboxylic acids is 2. The van der Waals surface area contributed by atoms with Crippen LogP contribution in [0.4, 0.5) is 5.69 Å². The molecule has 0 heterocycles. The quantitative estimate of drug-likeness (QED) is 0.880. The second-order valence-corrected chi connectivity index (χ2v) is 4.70. The molecule has 0 aliphatic carbocycles. The number of esters is 1. The molecule has 0 aromatic heterocycles. The zero-order chi connectivity index (χ0) is 15.9. The first kappa shape index (κ1) is 15.5. The van der Waals surface area contributed by atoms with E-state index in [4.69, 9.17) is 21.6 Å². The molecule has 6 heteroatoms. The first-order valence-corrected chi connectivity index (χ1v) is 6.69. The van der Waals surface area contributed by atoms with Gasteiger partial charge in [0.2, 0.25) is 0 Å². The molecule has 2 rings (SSSR count). The number of anilines is 1. The monoisotopic (exact) mass is 314 g/mol. The predicted molar refractivity (Wildman–Crippen MR) is 81.5 cm³/mol. The van der Waals surface area contributed by atoms with Gasteiger partial charge >= 0.3 is 5.97 Å². The van der Waals surface area contributed by atoms with Crippen molar-refractivity contribution in [3.05, 3.63) is 64.7 Å². The SMILES string of the molecule is N#Cc1ccc(NC(=O)COC(=O)c2ccccc2Cl)cc1. The van der Waals surface area contributed by atoms with Crippen molar-refractivity contribution in [3.8, 4) is 6.07 Å². The van der Waals surface area contributed by atoms with Crippen LogP contribution < -0.4 is 5.32 Å². The summed E-state index contributed by atoms with van der Waals surface area (Å²) in [5.74, 6) is -1.15. The van der Waals surface area contributed by atoms with Crippen LogP contribution in [-0.4, -0.2) is 18.5 Å². The van der Waals surface area contributed by atoms with Gasteiger partial charge in [-0.3, -0.25) is 4.79 Å². The normalized spacial score (nSPS) is 9.64. The van der Waals surface area contributed by atoms with Crippen LogP contribution in [0.1, 0.15) is 15.9 Å². The van der Waals surface area contributed by atoms with Crippen LogP contribution in [0.3, 0.4) is 0 Å². The van der Waals surface area contributed by atoms with E-state index in [0.29, 0.717) is 11.3 Å². The van der Waals surface area contributed by atoms with Gasteiger partial charge in [-0.15, -0.1) is 0 Å². The summed E-state index contributed by atoms with van der Waals surface area (Å²) < 4.78 is 4.90. The van der Waals surface area contributed by atoms with Gasteiger partial charge in [0.1, 0.15) is 0 Å². The highest BCUT2D eigenvalue weighted by Crippen LogP contribution is 2.16. The van der Waals surface area contributed by atoms with Crippen LogP contribution >= 0.6 is 11.6 Å². The van der Waals surface area contributed by atoms with Crippen LogP contribution in [0.2, 0.25) is 5.02 Å². The standard InChI is InChI=1S/C16H11ClN2O3/c17-14-4-2-1-3-13(14)16(21)22-10-15(20)19-12-7-5-11(9-18)6-8-12/h1-8H,10H2,(H,19,20). The lowest BCUT2D eigenvalue weighted by Crippen LogP contribution is -2.21. The van der Waals surface area contributed by atoms with Crippen LogP contribution in [0.15, 0.2) is 48.5 Å². The minimum absolute atomic E-state index is 0.204. The fourth-order valence-corrected chi connectivity index (χ4v) is 1.87. The molecule has 22 heavy (non-hydrogen) atoms. The Bertz CT molecular complexity index is 736. The van der Waals surface area contributed by atoms with E-state index in [0.717, 1.165) is 0 Å².